The maximum Gasteiger partial charge on any atom is 0.105 e. The molecule has 1 saturated carbocycles. The van der Waals surface area contributed by atoms with Gasteiger partial charge in [-0.1, -0.05) is 6.92 Å². The summed E-state index contributed by atoms with van der Waals surface area (Å²) in [5.74, 6) is 0. The molecule has 108 valence electrons. The molecule has 4 nitrogen and oxygen atoms in total. The number of hydrogen-bond donors (Lipinski definition) is 1. The van der Waals surface area contributed by atoms with Crippen molar-refractivity contribution in [2.45, 2.75) is 57.7 Å². The van der Waals surface area contributed by atoms with Crippen molar-refractivity contribution in [2.24, 2.45) is 0 Å². The summed E-state index contributed by atoms with van der Waals surface area (Å²) in [6.07, 6.45) is 3.71. The quantitative estimate of drug-likeness (QED) is 0.788. The lowest BCUT2D eigenvalue weighted by Gasteiger charge is -2.40. The van der Waals surface area contributed by atoms with E-state index in [1.54, 1.807) is 0 Å². The first-order valence-electron chi connectivity index (χ1n) is 7.72. The fourth-order valence-electron chi connectivity index (χ4n) is 3.25. The molecular formula is C15H28N4. The van der Waals surface area contributed by atoms with E-state index in [1.807, 2.05) is 6.92 Å². The molecule has 1 aliphatic carbocycles. The molecule has 0 spiro atoms. The molecule has 2 rings (SSSR count). The predicted molar refractivity (Wildman–Crippen MR) is 77.9 cm³/mol. The van der Waals surface area contributed by atoms with Crippen LogP contribution in [0, 0.1) is 11.3 Å². The lowest BCUT2D eigenvalue weighted by molar-refractivity contribution is 0.0865. The van der Waals surface area contributed by atoms with Crippen LogP contribution in [0.15, 0.2) is 0 Å². The van der Waals surface area contributed by atoms with Crippen molar-refractivity contribution in [3.8, 4) is 6.07 Å². The molecule has 1 aliphatic heterocycles. The molecule has 19 heavy (non-hydrogen) atoms. The Morgan fingerprint density at radius 2 is 1.95 bits per heavy atom. The second-order valence-corrected chi connectivity index (χ2v) is 6.33. The van der Waals surface area contributed by atoms with Gasteiger partial charge in [0.25, 0.3) is 0 Å². The highest BCUT2D eigenvalue weighted by molar-refractivity contribution is 5.05. The van der Waals surface area contributed by atoms with Crippen molar-refractivity contribution in [1.82, 2.24) is 15.1 Å². The van der Waals surface area contributed by atoms with Gasteiger partial charge in [-0.3, -0.25) is 15.1 Å². The topological polar surface area (TPSA) is 42.3 Å². The summed E-state index contributed by atoms with van der Waals surface area (Å²) in [5.41, 5.74) is -0.387. The Hall–Kier alpha value is -0.630. The number of nitrogens with one attached hydrogen (secondary N) is 1. The van der Waals surface area contributed by atoms with Crippen LogP contribution in [-0.2, 0) is 0 Å². The molecule has 0 radical (unpaired) electrons. The predicted octanol–water partition coefficient (Wildman–Crippen LogP) is 1.44. The molecule has 1 N–H and O–H groups in total. The Kier molecular flexibility index (Phi) is 4.83. The van der Waals surface area contributed by atoms with Crippen LogP contribution in [0.3, 0.4) is 0 Å². The van der Waals surface area contributed by atoms with Crippen molar-refractivity contribution in [1.29, 1.82) is 5.26 Å². The van der Waals surface area contributed by atoms with Crippen LogP contribution in [0.25, 0.3) is 0 Å². The lowest BCUT2D eigenvalue weighted by atomic mass is 9.94. The Morgan fingerprint density at radius 1 is 1.32 bits per heavy atom. The summed E-state index contributed by atoms with van der Waals surface area (Å²) < 4.78 is 0. The molecule has 2 unspecified atom stereocenters. The molecule has 0 bridgehead atoms. The monoisotopic (exact) mass is 264 g/mol. The Bertz CT molecular complexity index is 326. The van der Waals surface area contributed by atoms with Crippen LogP contribution in [0.2, 0.25) is 0 Å². The van der Waals surface area contributed by atoms with E-state index in [1.165, 1.54) is 25.9 Å². The molecule has 4 heteroatoms. The number of piperazine rings is 1. The second kappa shape index (κ2) is 6.21. The molecule has 2 aliphatic rings. The molecule has 0 aromatic heterocycles. The van der Waals surface area contributed by atoms with Crippen LogP contribution in [-0.4, -0.2) is 60.1 Å². The standard InChI is InChI=1S/C15H28N4/c1-4-17-15(3,12-16)11-13(2)18-7-9-19(10-8-18)14-5-6-14/h13-14,17H,4-11H2,1-3H3. The smallest absolute Gasteiger partial charge is 0.105 e. The van der Waals surface area contributed by atoms with Crippen LogP contribution in [0.5, 0.6) is 0 Å². The maximum atomic E-state index is 9.35. The van der Waals surface area contributed by atoms with Gasteiger partial charge in [0, 0.05) is 38.3 Å². The lowest BCUT2D eigenvalue weighted by Crippen LogP contribution is -2.53. The number of nitriles is 1. The van der Waals surface area contributed by atoms with Gasteiger partial charge in [0.2, 0.25) is 0 Å². The third kappa shape index (κ3) is 3.92. The molecule has 2 atom stereocenters. The largest absolute Gasteiger partial charge is 0.300 e. The summed E-state index contributed by atoms with van der Waals surface area (Å²) in [7, 11) is 0. The van der Waals surface area contributed by atoms with Gasteiger partial charge in [0.1, 0.15) is 5.54 Å². The van der Waals surface area contributed by atoms with Crippen molar-refractivity contribution >= 4 is 0 Å². The van der Waals surface area contributed by atoms with Crippen LogP contribution in [0.4, 0.5) is 0 Å². The van der Waals surface area contributed by atoms with Gasteiger partial charge in [-0.15, -0.1) is 0 Å². The number of nitrogens with zero attached hydrogens (tertiary/aromatic N) is 3. The first kappa shape index (κ1) is 14.8. The molecule has 0 amide bonds. The fourth-order valence-corrected chi connectivity index (χ4v) is 3.25. The van der Waals surface area contributed by atoms with Gasteiger partial charge in [-0.25, -0.2) is 0 Å². The van der Waals surface area contributed by atoms with E-state index in [2.05, 4.69) is 35.0 Å². The minimum atomic E-state index is -0.387. The zero-order valence-electron chi connectivity index (χ0n) is 12.7. The third-order valence-electron chi connectivity index (χ3n) is 4.55. The van der Waals surface area contributed by atoms with E-state index >= 15 is 0 Å². The van der Waals surface area contributed by atoms with Gasteiger partial charge in [-0.2, -0.15) is 5.26 Å². The maximum absolute atomic E-state index is 9.35. The third-order valence-corrected chi connectivity index (χ3v) is 4.55. The molecule has 0 aromatic carbocycles. The van der Waals surface area contributed by atoms with Crippen LogP contribution >= 0.6 is 0 Å². The average molecular weight is 264 g/mol. The molecular weight excluding hydrogens is 236 g/mol. The Labute approximate surface area is 117 Å². The van der Waals surface area contributed by atoms with Gasteiger partial charge in [0.15, 0.2) is 0 Å². The number of rotatable bonds is 6. The van der Waals surface area contributed by atoms with Crippen molar-refractivity contribution in [3.05, 3.63) is 0 Å². The molecule has 1 heterocycles. The minimum Gasteiger partial charge on any atom is -0.300 e. The SMILES string of the molecule is CCNC(C)(C#N)CC(C)N1CCN(C2CC2)CC1. The highest BCUT2D eigenvalue weighted by Crippen LogP contribution is 2.28. The van der Waals surface area contributed by atoms with E-state index < -0.39 is 0 Å². The normalized spacial score (nSPS) is 26.6. The number of hydrogen-bond acceptors (Lipinski definition) is 4. The summed E-state index contributed by atoms with van der Waals surface area (Å²) in [4.78, 5) is 5.18. The van der Waals surface area contributed by atoms with Gasteiger partial charge < -0.3 is 0 Å². The van der Waals surface area contributed by atoms with Gasteiger partial charge in [0.05, 0.1) is 6.07 Å². The Morgan fingerprint density at radius 3 is 2.42 bits per heavy atom. The summed E-state index contributed by atoms with van der Waals surface area (Å²) >= 11 is 0. The van der Waals surface area contributed by atoms with Crippen LogP contribution < -0.4 is 5.32 Å². The fraction of sp³-hybridized carbons (Fsp3) is 0.933. The first-order chi connectivity index (χ1) is 9.08. The molecule has 1 saturated heterocycles. The van der Waals surface area contributed by atoms with E-state index in [0.29, 0.717) is 6.04 Å². The zero-order valence-corrected chi connectivity index (χ0v) is 12.7. The molecule has 2 fully saturated rings. The zero-order chi connectivity index (χ0) is 13.9. The highest BCUT2D eigenvalue weighted by atomic mass is 15.3. The first-order valence-corrected chi connectivity index (χ1v) is 7.72. The van der Waals surface area contributed by atoms with Crippen molar-refractivity contribution < 1.29 is 0 Å². The second-order valence-electron chi connectivity index (χ2n) is 6.33. The minimum absolute atomic E-state index is 0.387. The van der Waals surface area contributed by atoms with E-state index in [0.717, 1.165) is 32.1 Å². The summed E-state index contributed by atoms with van der Waals surface area (Å²) in [6, 6.07) is 3.81. The van der Waals surface area contributed by atoms with E-state index in [-0.39, 0.29) is 5.54 Å². The van der Waals surface area contributed by atoms with Gasteiger partial charge in [-0.05, 0) is 39.7 Å². The van der Waals surface area contributed by atoms with E-state index in [4.69, 9.17) is 0 Å². The van der Waals surface area contributed by atoms with Crippen molar-refractivity contribution in [3.63, 3.8) is 0 Å². The Balaban J connectivity index is 1.80. The van der Waals surface area contributed by atoms with Crippen molar-refractivity contribution in [2.75, 3.05) is 32.7 Å². The average Bonchev–Trinajstić information content (AvgIpc) is 3.23. The highest BCUT2D eigenvalue weighted by Gasteiger charge is 2.34. The summed E-state index contributed by atoms with van der Waals surface area (Å²) in [6.45, 7) is 11.9. The van der Waals surface area contributed by atoms with Gasteiger partial charge >= 0.3 is 0 Å². The van der Waals surface area contributed by atoms with E-state index in [9.17, 15) is 5.26 Å². The van der Waals surface area contributed by atoms with Crippen LogP contribution in [0.1, 0.15) is 40.0 Å². The molecule has 0 aromatic rings. The summed E-state index contributed by atoms with van der Waals surface area (Å²) in [5, 5.41) is 12.7.